The Bertz CT molecular complexity index is 825. The van der Waals surface area contributed by atoms with Crippen LogP contribution in [0.15, 0.2) is 15.6 Å². The van der Waals surface area contributed by atoms with Crippen LogP contribution in [0.25, 0.3) is 0 Å². The van der Waals surface area contributed by atoms with Crippen LogP contribution in [0.3, 0.4) is 0 Å². The number of sulfonamides is 1. The van der Waals surface area contributed by atoms with Crippen molar-refractivity contribution in [1.29, 1.82) is 0 Å². The van der Waals surface area contributed by atoms with Crippen molar-refractivity contribution in [1.82, 2.24) is 23.9 Å². The summed E-state index contributed by atoms with van der Waals surface area (Å²) in [7, 11) is -2.04. The van der Waals surface area contributed by atoms with E-state index in [4.69, 9.17) is 0 Å². The fraction of sp³-hybridized carbons (Fsp3) is 0.600. The standard InChI is InChI=1S/C15H24BrN5O2S/c1-6-8-21-12(4)15(11(3)18-21)24(22,23)19(5)10-14-13(16)9-17-20(14)7-2/h9H,6-8,10H2,1-5H3. The molecule has 2 rings (SSSR count). The maximum Gasteiger partial charge on any atom is 0.246 e. The molecule has 0 N–H and O–H groups in total. The first-order valence-corrected chi connectivity index (χ1v) is 10.2. The monoisotopic (exact) mass is 417 g/mol. The lowest BCUT2D eigenvalue weighted by molar-refractivity contribution is 0.445. The molecule has 0 spiro atoms. The molecule has 134 valence electrons. The SMILES string of the molecule is CCCn1nc(C)c(S(=O)(=O)N(C)Cc2c(Br)cnn2CC)c1C. The van der Waals surface area contributed by atoms with Gasteiger partial charge in [-0.05, 0) is 43.1 Å². The van der Waals surface area contributed by atoms with Crippen molar-refractivity contribution >= 4 is 26.0 Å². The van der Waals surface area contributed by atoms with Gasteiger partial charge in [-0.1, -0.05) is 6.92 Å². The molecule has 2 heterocycles. The Kier molecular flexibility index (Phi) is 5.87. The molecule has 0 saturated heterocycles. The zero-order valence-corrected chi connectivity index (χ0v) is 17.1. The Morgan fingerprint density at radius 2 is 1.92 bits per heavy atom. The second-order valence-electron chi connectivity index (χ2n) is 5.74. The predicted molar refractivity (Wildman–Crippen MR) is 96.2 cm³/mol. The number of hydrogen-bond donors (Lipinski definition) is 0. The topological polar surface area (TPSA) is 73.0 Å². The number of nitrogens with zero attached hydrogens (tertiary/aromatic N) is 5. The van der Waals surface area contributed by atoms with Gasteiger partial charge in [-0.25, -0.2) is 8.42 Å². The van der Waals surface area contributed by atoms with Gasteiger partial charge in [0.25, 0.3) is 0 Å². The van der Waals surface area contributed by atoms with Crippen molar-refractivity contribution in [2.45, 2.75) is 58.6 Å². The molecule has 2 aromatic rings. The normalized spacial score (nSPS) is 12.3. The van der Waals surface area contributed by atoms with Crippen LogP contribution >= 0.6 is 15.9 Å². The van der Waals surface area contributed by atoms with Gasteiger partial charge >= 0.3 is 0 Å². The number of aromatic nitrogens is 4. The molecule has 0 amide bonds. The highest BCUT2D eigenvalue weighted by Gasteiger charge is 2.29. The third kappa shape index (κ3) is 3.43. The smallest absolute Gasteiger partial charge is 0.246 e. The minimum atomic E-state index is -3.63. The van der Waals surface area contributed by atoms with Gasteiger partial charge in [-0.2, -0.15) is 14.5 Å². The molecule has 0 fully saturated rings. The van der Waals surface area contributed by atoms with Gasteiger partial charge < -0.3 is 0 Å². The maximum absolute atomic E-state index is 13.1. The van der Waals surface area contributed by atoms with Crippen molar-refractivity contribution in [2.75, 3.05) is 7.05 Å². The summed E-state index contributed by atoms with van der Waals surface area (Å²) in [6.45, 7) is 9.20. The molecule has 0 aliphatic rings. The summed E-state index contributed by atoms with van der Waals surface area (Å²) in [6, 6.07) is 0. The molecule has 0 unspecified atom stereocenters. The Hall–Kier alpha value is -1.19. The van der Waals surface area contributed by atoms with Crippen molar-refractivity contribution in [3.05, 3.63) is 27.8 Å². The van der Waals surface area contributed by atoms with Gasteiger partial charge in [0.2, 0.25) is 10.0 Å². The average molecular weight is 418 g/mol. The molecule has 0 aliphatic heterocycles. The molecular weight excluding hydrogens is 394 g/mol. The fourth-order valence-corrected chi connectivity index (χ4v) is 4.67. The Morgan fingerprint density at radius 3 is 2.50 bits per heavy atom. The first kappa shape index (κ1) is 19.1. The van der Waals surface area contributed by atoms with E-state index in [0.29, 0.717) is 29.4 Å². The lowest BCUT2D eigenvalue weighted by Crippen LogP contribution is -2.28. The predicted octanol–water partition coefficient (Wildman–Crippen LogP) is 2.71. The zero-order valence-electron chi connectivity index (χ0n) is 14.7. The molecule has 0 saturated carbocycles. The second-order valence-corrected chi connectivity index (χ2v) is 8.58. The summed E-state index contributed by atoms with van der Waals surface area (Å²) in [5.41, 5.74) is 2.06. The van der Waals surface area contributed by atoms with Gasteiger partial charge in [-0.3, -0.25) is 9.36 Å². The lowest BCUT2D eigenvalue weighted by Gasteiger charge is -2.18. The number of halogens is 1. The van der Waals surface area contributed by atoms with Gasteiger partial charge in [0.15, 0.2) is 0 Å². The molecule has 0 radical (unpaired) electrons. The summed E-state index contributed by atoms with van der Waals surface area (Å²) in [5, 5.41) is 8.62. The van der Waals surface area contributed by atoms with Crippen molar-refractivity contribution < 1.29 is 8.42 Å². The minimum Gasteiger partial charge on any atom is -0.268 e. The number of rotatable bonds is 7. The first-order valence-electron chi connectivity index (χ1n) is 7.94. The van der Waals surface area contributed by atoms with Gasteiger partial charge in [-0.15, -0.1) is 0 Å². The van der Waals surface area contributed by atoms with E-state index in [1.54, 1.807) is 29.5 Å². The third-order valence-electron chi connectivity index (χ3n) is 3.99. The highest BCUT2D eigenvalue weighted by atomic mass is 79.9. The van der Waals surface area contributed by atoms with Crippen LogP contribution in [0, 0.1) is 13.8 Å². The maximum atomic E-state index is 13.1. The summed E-state index contributed by atoms with van der Waals surface area (Å²) in [5.74, 6) is 0. The number of hydrogen-bond acceptors (Lipinski definition) is 4. The summed E-state index contributed by atoms with van der Waals surface area (Å²) in [6.07, 6.45) is 2.59. The van der Waals surface area contributed by atoms with E-state index in [1.807, 2.05) is 20.8 Å². The van der Waals surface area contributed by atoms with Gasteiger partial charge in [0.05, 0.1) is 34.3 Å². The van der Waals surface area contributed by atoms with Gasteiger partial charge in [0, 0.05) is 20.1 Å². The fourth-order valence-electron chi connectivity index (χ4n) is 2.75. The summed E-state index contributed by atoms with van der Waals surface area (Å²) >= 11 is 3.44. The van der Waals surface area contributed by atoms with E-state index >= 15 is 0 Å². The molecule has 0 bridgehead atoms. The molecule has 2 aromatic heterocycles. The minimum absolute atomic E-state index is 0.245. The summed E-state index contributed by atoms with van der Waals surface area (Å²) < 4.78 is 31.8. The van der Waals surface area contributed by atoms with E-state index in [-0.39, 0.29) is 6.54 Å². The Balaban J connectivity index is 2.38. The summed E-state index contributed by atoms with van der Waals surface area (Å²) in [4.78, 5) is 0.303. The molecule has 24 heavy (non-hydrogen) atoms. The van der Waals surface area contributed by atoms with E-state index in [1.165, 1.54) is 4.31 Å². The molecule has 0 atom stereocenters. The second kappa shape index (κ2) is 7.37. The number of aryl methyl sites for hydroxylation is 3. The highest BCUT2D eigenvalue weighted by molar-refractivity contribution is 9.10. The van der Waals surface area contributed by atoms with Gasteiger partial charge in [0.1, 0.15) is 4.90 Å². The third-order valence-corrected chi connectivity index (χ3v) is 6.71. The lowest BCUT2D eigenvalue weighted by atomic mass is 10.4. The van der Waals surface area contributed by atoms with Crippen molar-refractivity contribution in [2.24, 2.45) is 0 Å². The molecule has 0 aromatic carbocycles. The molecular formula is C15H24BrN5O2S. The molecule has 7 nitrogen and oxygen atoms in total. The van der Waals surface area contributed by atoms with Crippen LogP contribution in [0.4, 0.5) is 0 Å². The van der Waals surface area contributed by atoms with Crippen LogP contribution < -0.4 is 0 Å². The van der Waals surface area contributed by atoms with Crippen LogP contribution in [0.5, 0.6) is 0 Å². The van der Waals surface area contributed by atoms with Crippen LogP contribution in [-0.4, -0.2) is 39.3 Å². The van der Waals surface area contributed by atoms with E-state index in [9.17, 15) is 8.42 Å². The largest absolute Gasteiger partial charge is 0.268 e. The average Bonchev–Trinajstić information content (AvgIpc) is 3.00. The Morgan fingerprint density at radius 1 is 1.25 bits per heavy atom. The van der Waals surface area contributed by atoms with E-state index in [0.717, 1.165) is 16.6 Å². The van der Waals surface area contributed by atoms with E-state index < -0.39 is 10.0 Å². The van der Waals surface area contributed by atoms with Crippen molar-refractivity contribution in [3.8, 4) is 0 Å². The van der Waals surface area contributed by atoms with Crippen LogP contribution in [0.2, 0.25) is 0 Å². The first-order chi connectivity index (χ1) is 11.2. The molecule has 0 aliphatic carbocycles. The quantitative estimate of drug-likeness (QED) is 0.693. The molecule has 9 heteroatoms. The highest BCUT2D eigenvalue weighted by Crippen LogP contribution is 2.26. The van der Waals surface area contributed by atoms with Crippen LogP contribution in [-0.2, 0) is 29.7 Å². The van der Waals surface area contributed by atoms with Crippen LogP contribution in [0.1, 0.15) is 37.4 Å². The zero-order chi connectivity index (χ0) is 18.1. The Labute approximate surface area is 151 Å². The van der Waals surface area contributed by atoms with Crippen molar-refractivity contribution in [3.63, 3.8) is 0 Å². The van der Waals surface area contributed by atoms with E-state index in [2.05, 4.69) is 26.1 Å².